The highest BCUT2D eigenvalue weighted by atomic mass is 16.5. The van der Waals surface area contributed by atoms with Gasteiger partial charge in [0.1, 0.15) is 0 Å². The molecule has 0 spiro atoms. The second-order valence-electron chi connectivity index (χ2n) is 4.23. The summed E-state index contributed by atoms with van der Waals surface area (Å²) in [6.07, 6.45) is 4.50. The Morgan fingerprint density at radius 2 is 1.88 bits per heavy atom. The number of rotatable bonds is 9. The van der Waals surface area contributed by atoms with Crippen molar-refractivity contribution < 1.29 is 9.53 Å². The predicted octanol–water partition coefficient (Wildman–Crippen LogP) is 2.62. The summed E-state index contributed by atoms with van der Waals surface area (Å²) in [6.45, 7) is 10.2. The first kappa shape index (κ1) is 15.2. The number of unbranched alkanes of at least 4 members (excludes halogenated alkanes) is 3. The van der Waals surface area contributed by atoms with E-state index < -0.39 is 0 Å². The van der Waals surface area contributed by atoms with Gasteiger partial charge < -0.3 is 9.64 Å². The lowest BCUT2D eigenvalue weighted by Crippen LogP contribution is -2.18. The third kappa shape index (κ3) is 8.48. The van der Waals surface area contributed by atoms with Crippen LogP contribution in [0, 0.1) is 0 Å². The highest BCUT2D eigenvalue weighted by molar-refractivity contribution is 5.86. The van der Waals surface area contributed by atoms with Crippen molar-refractivity contribution in [1.29, 1.82) is 0 Å². The lowest BCUT2D eigenvalue weighted by atomic mass is 10.2. The largest absolute Gasteiger partial charge is 0.462 e. The van der Waals surface area contributed by atoms with Gasteiger partial charge in [-0.25, -0.2) is 4.79 Å². The molecule has 0 aliphatic heterocycles. The molecule has 0 aliphatic carbocycles. The average molecular weight is 227 g/mol. The van der Waals surface area contributed by atoms with Gasteiger partial charge in [0.2, 0.25) is 0 Å². The Balaban J connectivity index is 3.22. The molecule has 0 heterocycles. The second-order valence-corrected chi connectivity index (χ2v) is 4.23. The van der Waals surface area contributed by atoms with Gasteiger partial charge in [0.25, 0.3) is 0 Å². The number of carbonyl (C=O) groups is 1. The van der Waals surface area contributed by atoms with Crippen molar-refractivity contribution in [2.75, 3.05) is 26.7 Å². The minimum absolute atomic E-state index is 0.272. The average Bonchev–Trinajstić information content (AvgIpc) is 2.26. The summed E-state index contributed by atoms with van der Waals surface area (Å²) >= 11 is 0. The minimum atomic E-state index is -0.272. The lowest BCUT2D eigenvalue weighted by Gasteiger charge is -2.12. The number of carbonyl (C=O) groups excluding carboxylic acids is 1. The fourth-order valence-electron chi connectivity index (χ4n) is 1.28. The molecule has 16 heavy (non-hydrogen) atoms. The Labute approximate surface area is 99.5 Å². The molecule has 0 aromatic rings. The molecule has 0 aromatic carbocycles. The fourth-order valence-corrected chi connectivity index (χ4v) is 1.28. The number of hydrogen-bond donors (Lipinski definition) is 0. The molecule has 0 aromatic heterocycles. The van der Waals surface area contributed by atoms with E-state index in [2.05, 4.69) is 25.5 Å². The first-order chi connectivity index (χ1) is 7.57. The van der Waals surface area contributed by atoms with Crippen LogP contribution in [0.4, 0.5) is 0 Å². The number of hydrogen-bond acceptors (Lipinski definition) is 3. The summed E-state index contributed by atoms with van der Waals surface area (Å²) in [4.78, 5) is 13.3. The van der Waals surface area contributed by atoms with Crippen molar-refractivity contribution in [2.45, 2.75) is 39.5 Å². The molecule has 94 valence electrons. The smallest absolute Gasteiger partial charge is 0.333 e. The number of nitrogens with zero attached hydrogens (tertiary/aromatic N) is 1. The standard InChI is InChI=1S/C13H25NO2/c1-5-14(4)10-8-6-7-9-11-16-13(15)12(2)3/h2,5-11H2,1,3-4H3. The van der Waals surface area contributed by atoms with Crippen molar-refractivity contribution in [1.82, 2.24) is 4.90 Å². The van der Waals surface area contributed by atoms with Crippen LogP contribution in [0.15, 0.2) is 12.2 Å². The zero-order valence-corrected chi connectivity index (χ0v) is 10.9. The highest BCUT2D eigenvalue weighted by Gasteiger charge is 2.01. The SMILES string of the molecule is C=C(C)C(=O)OCCCCCCN(C)CC. The first-order valence-electron chi connectivity index (χ1n) is 6.09. The molecular weight excluding hydrogens is 202 g/mol. The molecule has 3 nitrogen and oxygen atoms in total. The topological polar surface area (TPSA) is 29.5 Å². The van der Waals surface area contributed by atoms with Gasteiger partial charge in [-0.3, -0.25) is 0 Å². The van der Waals surface area contributed by atoms with Crippen LogP contribution in [0.2, 0.25) is 0 Å². The molecule has 0 fully saturated rings. The van der Waals surface area contributed by atoms with E-state index in [9.17, 15) is 4.79 Å². The van der Waals surface area contributed by atoms with E-state index in [0.29, 0.717) is 12.2 Å². The summed E-state index contributed by atoms with van der Waals surface area (Å²) < 4.78 is 5.00. The molecule has 0 amide bonds. The highest BCUT2D eigenvalue weighted by Crippen LogP contribution is 2.02. The summed E-state index contributed by atoms with van der Waals surface area (Å²) in [6, 6.07) is 0. The van der Waals surface area contributed by atoms with Crippen LogP contribution in [0.25, 0.3) is 0 Å². The van der Waals surface area contributed by atoms with Crippen molar-refractivity contribution in [3.05, 3.63) is 12.2 Å². The molecule has 0 unspecified atom stereocenters. The first-order valence-corrected chi connectivity index (χ1v) is 6.09. The summed E-state index contributed by atoms with van der Waals surface area (Å²) in [5.41, 5.74) is 0.476. The Hall–Kier alpha value is -0.830. The Kier molecular flexibility index (Phi) is 8.91. The summed E-state index contributed by atoms with van der Waals surface area (Å²) in [7, 11) is 2.13. The second kappa shape index (κ2) is 9.40. The Bertz CT molecular complexity index is 214. The summed E-state index contributed by atoms with van der Waals surface area (Å²) in [5, 5.41) is 0. The molecule has 0 radical (unpaired) electrons. The molecule has 0 saturated heterocycles. The fraction of sp³-hybridized carbons (Fsp3) is 0.769. The van der Waals surface area contributed by atoms with Crippen LogP contribution in [-0.4, -0.2) is 37.6 Å². The van der Waals surface area contributed by atoms with Gasteiger partial charge in [0.15, 0.2) is 0 Å². The van der Waals surface area contributed by atoms with E-state index in [-0.39, 0.29) is 5.97 Å². The van der Waals surface area contributed by atoms with E-state index in [1.807, 2.05) is 0 Å². The van der Waals surface area contributed by atoms with Crippen LogP contribution in [-0.2, 0) is 9.53 Å². The van der Waals surface area contributed by atoms with Crippen molar-refractivity contribution in [3.8, 4) is 0 Å². The van der Waals surface area contributed by atoms with E-state index >= 15 is 0 Å². The van der Waals surface area contributed by atoms with Crippen molar-refractivity contribution in [3.63, 3.8) is 0 Å². The molecule has 0 rings (SSSR count). The van der Waals surface area contributed by atoms with Gasteiger partial charge in [-0.05, 0) is 39.9 Å². The van der Waals surface area contributed by atoms with E-state index in [1.165, 1.54) is 12.8 Å². The Morgan fingerprint density at radius 1 is 1.25 bits per heavy atom. The monoisotopic (exact) mass is 227 g/mol. The van der Waals surface area contributed by atoms with Crippen LogP contribution >= 0.6 is 0 Å². The third-order valence-electron chi connectivity index (χ3n) is 2.56. The Morgan fingerprint density at radius 3 is 2.44 bits per heavy atom. The van der Waals surface area contributed by atoms with Gasteiger partial charge >= 0.3 is 5.97 Å². The maximum Gasteiger partial charge on any atom is 0.333 e. The quantitative estimate of drug-likeness (QED) is 0.344. The number of ether oxygens (including phenoxy) is 1. The van der Waals surface area contributed by atoms with E-state index in [1.54, 1.807) is 6.92 Å². The number of esters is 1. The predicted molar refractivity (Wildman–Crippen MR) is 67.4 cm³/mol. The van der Waals surface area contributed by atoms with Gasteiger partial charge in [0, 0.05) is 5.57 Å². The lowest BCUT2D eigenvalue weighted by molar-refractivity contribution is -0.139. The third-order valence-corrected chi connectivity index (χ3v) is 2.56. The molecule has 0 bridgehead atoms. The minimum Gasteiger partial charge on any atom is -0.462 e. The maximum atomic E-state index is 11.0. The molecular formula is C13H25NO2. The molecule has 0 aliphatic rings. The van der Waals surface area contributed by atoms with Crippen LogP contribution < -0.4 is 0 Å². The normalized spacial score (nSPS) is 10.5. The molecule has 0 atom stereocenters. The maximum absolute atomic E-state index is 11.0. The molecule has 3 heteroatoms. The molecule has 0 N–H and O–H groups in total. The van der Waals surface area contributed by atoms with Gasteiger partial charge in [-0.2, -0.15) is 0 Å². The van der Waals surface area contributed by atoms with E-state index in [0.717, 1.165) is 25.9 Å². The summed E-state index contributed by atoms with van der Waals surface area (Å²) in [5.74, 6) is -0.272. The van der Waals surface area contributed by atoms with E-state index in [4.69, 9.17) is 4.74 Å². The van der Waals surface area contributed by atoms with Gasteiger partial charge in [-0.15, -0.1) is 0 Å². The van der Waals surface area contributed by atoms with Crippen LogP contribution in [0.1, 0.15) is 39.5 Å². The molecule has 0 saturated carbocycles. The van der Waals surface area contributed by atoms with Crippen molar-refractivity contribution >= 4 is 5.97 Å². The van der Waals surface area contributed by atoms with Crippen molar-refractivity contribution in [2.24, 2.45) is 0 Å². The zero-order valence-electron chi connectivity index (χ0n) is 10.9. The zero-order chi connectivity index (χ0) is 12.4. The van der Waals surface area contributed by atoms with Crippen LogP contribution in [0.5, 0.6) is 0 Å². The van der Waals surface area contributed by atoms with Gasteiger partial charge in [0.05, 0.1) is 6.61 Å². The van der Waals surface area contributed by atoms with Gasteiger partial charge in [-0.1, -0.05) is 26.3 Å². The van der Waals surface area contributed by atoms with Crippen LogP contribution in [0.3, 0.4) is 0 Å².